The van der Waals surface area contributed by atoms with Crippen LogP contribution in [-0.2, 0) is 25.2 Å². The predicted octanol–water partition coefficient (Wildman–Crippen LogP) is 3.19. The molecule has 2 N–H and O–H groups in total. The Morgan fingerprint density at radius 1 is 1.31 bits per heavy atom. The summed E-state index contributed by atoms with van der Waals surface area (Å²) in [6.07, 6.45) is -3.39. The van der Waals surface area contributed by atoms with Gasteiger partial charge in [0.25, 0.3) is 5.91 Å². The fourth-order valence-electron chi connectivity index (χ4n) is 2.47. The number of carbonyl (C=O) groups is 2. The summed E-state index contributed by atoms with van der Waals surface area (Å²) in [5, 5.41) is 4.61. The highest BCUT2D eigenvalue weighted by Gasteiger charge is 2.34. The maximum absolute atomic E-state index is 13.3. The van der Waals surface area contributed by atoms with E-state index in [0.717, 1.165) is 18.6 Å². The smallest absolute Gasteiger partial charge is 0.372 e. The molecular formula is C17H21F3N2O4. The first kappa shape index (κ1) is 20.2. The van der Waals surface area contributed by atoms with Crippen LogP contribution in [0.25, 0.3) is 0 Å². The Bertz CT molecular complexity index is 643. The van der Waals surface area contributed by atoms with Crippen LogP contribution in [0.2, 0.25) is 0 Å². The van der Waals surface area contributed by atoms with E-state index < -0.39 is 35.3 Å². The molecule has 1 heterocycles. The Morgan fingerprint density at radius 3 is 2.69 bits per heavy atom. The number of hydrogen-bond acceptors (Lipinski definition) is 4. The van der Waals surface area contributed by atoms with Crippen molar-refractivity contribution in [3.63, 3.8) is 0 Å². The lowest BCUT2D eigenvalue weighted by molar-refractivity contribution is -0.137. The van der Waals surface area contributed by atoms with Crippen molar-refractivity contribution in [1.82, 2.24) is 0 Å². The average Bonchev–Trinajstić information content (AvgIpc) is 3.10. The zero-order chi connectivity index (χ0) is 19.2. The van der Waals surface area contributed by atoms with E-state index in [4.69, 9.17) is 9.47 Å². The van der Waals surface area contributed by atoms with Gasteiger partial charge in [0.15, 0.2) is 0 Å². The molecule has 1 aromatic rings. The molecule has 0 bridgehead atoms. The van der Waals surface area contributed by atoms with Gasteiger partial charge < -0.3 is 20.1 Å². The van der Waals surface area contributed by atoms with Crippen LogP contribution >= 0.6 is 0 Å². The first-order valence-electron chi connectivity index (χ1n) is 8.32. The van der Waals surface area contributed by atoms with Crippen LogP contribution in [0.15, 0.2) is 18.2 Å². The van der Waals surface area contributed by atoms with Crippen LogP contribution in [0.5, 0.6) is 0 Å². The molecule has 6 nitrogen and oxygen atoms in total. The molecular weight excluding hydrogens is 353 g/mol. The summed E-state index contributed by atoms with van der Waals surface area (Å²) in [4.78, 5) is 23.7. The Morgan fingerprint density at radius 2 is 2.08 bits per heavy atom. The Hall–Kier alpha value is -2.13. The third kappa shape index (κ3) is 5.70. The number of hydrogen-bond donors (Lipinski definition) is 2. The molecule has 2 amide bonds. The third-order valence-corrected chi connectivity index (χ3v) is 3.67. The molecule has 1 aliphatic heterocycles. The zero-order valence-corrected chi connectivity index (χ0v) is 14.3. The molecule has 0 aromatic heterocycles. The molecule has 0 spiro atoms. The molecule has 1 atom stereocenters. The largest absolute Gasteiger partial charge is 0.418 e. The molecule has 0 radical (unpaired) electrons. The van der Waals surface area contributed by atoms with Gasteiger partial charge >= 0.3 is 6.18 Å². The molecule has 1 saturated heterocycles. The number of anilines is 2. The van der Waals surface area contributed by atoms with E-state index in [2.05, 4.69) is 10.6 Å². The molecule has 2 rings (SSSR count). The van der Waals surface area contributed by atoms with Crippen molar-refractivity contribution >= 4 is 23.2 Å². The number of nitrogens with one attached hydrogen (secondary N) is 2. The lowest BCUT2D eigenvalue weighted by atomic mass is 10.1. The second-order valence-electron chi connectivity index (χ2n) is 5.85. The molecule has 1 aliphatic rings. The highest BCUT2D eigenvalue weighted by Crippen LogP contribution is 2.36. The topological polar surface area (TPSA) is 76.7 Å². The Balaban J connectivity index is 2.11. The minimum atomic E-state index is -4.70. The molecule has 26 heavy (non-hydrogen) atoms. The zero-order valence-electron chi connectivity index (χ0n) is 14.3. The van der Waals surface area contributed by atoms with Crippen LogP contribution in [-0.4, -0.2) is 37.7 Å². The second-order valence-corrected chi connectivity index (χ2v) is 5.85. The average molecular weight is 374 g/mol. The van der Waals surface area contributed by atoms with Crippen molar-refractivity contribution in [3.8, 4) is 0 Å². The molecule has 1 unspecified atom stereocenters. The molecule has 0 saturated carbocycles. The second kappa shape index (κ2) is 9.00. The summed E-state index contributed by atoms with van der Waals surface area (Å²) >= 11 is 0. The van der Waals surface area contributed by atoms with Gasteiger partial charge in [-0.25, -0.2) is 0 Å². The van der Waals surface area contributed by atoms with Gasteiger partial charge in [-0.1, -0.05) is 6.92 Å². The molecule has 1 fully saturated rings. The lowest BCUT2D eigenvalue weighted by Gasteiger charge is -2.16. The van der Waals surface area contributed by atoms with Crippen molar-refractivity contribution in [2.45, 2.75) is 38.5 Å². The number of rotatable bonds is 7. The number of carbonyl (C=O) groups excluding carboxylic acids is 2. The minimum Gasteiger partial charge on any atom is -0.372 e. The van der Waals surface area contributed by atoms with Crippen molar-refractivity contribution in [3.05, 3.63) is 23.8 Å². The van der Waals surface area contributed by atoms with Crippen LogP contribution < -0.4 is 10.6 Å². The summed E-state index contributed by atoms with van der Waals surface area (Å²) in [5.74, 6) is -1.17. The van der Waals surface area contributed by atoms with E-state index in [9.17, 15) is 22.8 Å². The van der Waals surface area contributed by atoms with Crippen LogP contribution in [0.3, 0.4) is 0 Å². The van der Waals surface area contributed by atoms with Crippen molar-refractivity contribution in [2.75, 3.05) is 30.5 Å². The number of benzene rings is 1. The maximum Gasteiger partial charge on any atom is 0.418 e. The third-order valence-electron chi connectivity index (χ3n) is 3.67. The SMILES string of the molecule is CCCOCC(=O)Nc1ccc(NC(=O)C2CCCO2)cc1C(F)(F)F. The first-order valence-corrected chi connectivity index (χ1v) is 8.32. The van der Waals surface area contributed by atoms with Gasteiger partial charge in [-0.2, -0.15) is 13.2 Å². The number of amides is 2. The first-order chi connectivity index (χ1) is 12.3. The van der Waals surface area contributed by atoms with Gasteiger partial charge in [-0.05, 0) is 37.5 Å². The molecule has 0 aliphatic carbocycles. The minimum absolute atomic E-state index is 0.0157. The van der Waals surface area contributed by atoms with Gasteiger partial charge in [0.2, 0.25) is 5.91 Å². The van der Waals surface area contributed by atoms with E-state index in [-0.39, 0.29) is 12.3 Å². The summed E-state index contributed by atoms with van der Waals surface area (Å²) in [5.41, 5.74) is -1.46. The van der Waals surface area contributed by atoms with E-state index >= 15 is 0 Å². The van der Waals surface area contributed by atoms with Crippen LogP contribution in [0.4, 0.5) is 24.5 Å². The van der Waals surface area contributed by atoms with E-state index in [1.54, 1.807) is 0 Å². The van der Waals surface area contributed by atoms with Gasteiger partial charge in [0.05, 0.1) is 11.3 Å². The molecule has 1 aromatic carbocycles. The van der Waals surface area contributed by atoms with Gasteiger partial charge in [0, 0.05) is 18.9 Å². The number of halogens is 3. The summed E-state index contributed by atoms with van der Waals surface area (Å²) in [6, 6.07) is 3.19. The molecule has 9 heteroatoms. The monoisotopic (exact) mass is 374 g/mol. The van der Waals surface area contributed by atoms with E-state index in [1.807, 2.05) is 6.92 Å². The number of ether oxygens (including phenoxy) is 2. The highest BCUT2D eigenvalue weighted by molar-refractivity contribution is 5.96. The molecule has 144 valence electrons. The summed E-state index contributed by atoms with van der Waals surface area (Å²) in [6.45, 7) is 2.32. The van der Waals surface area contributed by atoms with Crippen LogP contribution in [0, 0.1) is 0 Å². The Kier molecular flexibility index (Phi) is 6.98. The predicted molar refractivity (Wildman–Crippen MR) is 88.8 cm³/mol. The summed E-state index contributed by atoms with van der Waals surface area (Å²) < 4.78 is 50.1. The van der Waals surface area contributed by atoms with Crippen molar-refractivity contribution in [2.24, 2.45) is 0 Å². The Labute approximate surface area is 149 Å². The quantitative estimate of drug-likeness (QED) is 0.719. The van der Waals surface area contributed by atoms with E-state index in [0.29, 0.717) is 26.1 Å². The fraction of sp³-hybridized carbons (Fsp3) is 0.529. The van der Waals surface area contributed by atoms with Crippen molar-refractivity contribution in [1.29, 1.82) is 0 Å². The summed E-state index contributed by atoms with van der Waals surface area (Å²) in [7, 11) is 0. The lowest BCUT2D eigenvalue weighted by Crippen LogP contribution is -2.27. The van der Waals surface area contributed by atoms with Gasteiger partial charge in [-0.15, -0.1) is 0 Å². The fourth-order valence-corrected chi connectivity index (χ4v) is 2.47. The van der Waals surface area contributed by atoms with Gasteiger partial charge in [-0.3, -0.25) is 9.59 Å². The maximum atomic E-state index is 13.3. The normalized spacial score (nSPS) is 17.2. The number of alkyl halides is 3. The van der Waals surface area contributed by atoms with Crippen LogP contribution in [0.1, 0.15) is 31.7 Å². The van der Waals surface area contributed by atoms with Crippen molar-refractivity contribution < 1.29 is 32.2 Å². The standard InChI is InChI=1S/C17H21F3N2O4/c1-2-7-25-10-15(23)22-13-6-5-11(9-12(13)17(18,19)20)21-16(24)14-4-3-8-26-14/h5-6,9,14H,2-4,7-8,10H2,1H3,(H,21,24)(H,22,23). The highest BCUT2D eigenvalue weighted by atomic mass is 19.4. The van der Waals surface area contributed by atoms with Gasteiger partial charge in [0.1, 0.15) is 12.7 Å². The van der Waals surface area contributed by atoms with E-state index in [1.165, 1.54) is 6.07 Å².